The van der Waals surface area contributed by atoms with Crippen molar-refractivity contribution in [3.05, 3.63) is 59.6 Å². The predicted octanol–water partition coefficient (Wildman–Crippen LogP) is 9.64. The van der Waals surface area contributed by atoms with Gasteiger partial charge in [0.25, 0.3) is 0 Å². The summed E-state index contributed by atoms with van der Waals surface area (Å²) in [5, 5.41) is 14.5. The molecule has 1 aliphatic heterocycles. The zero-order valence-corrected chi connectivity index (χ0v) is 34.1. The molecule has 0 saturated heterocycles. The Bertz CT molecular complexity index is 1670. The van der Waals surface area contributed by atoms with E-state index in [1.807, 2.05) is 39.0 Å². The summed E-state index contributed by atoms with van der Waals surface area (Å²) in [6, 6.07) is 15.5. The number of hydrogen-bond donors (Lipinski definition) is 1. The number of hydrogen-bond acceptors (Lipinski definition) is 5. The van der Waals surface area contributed by atoms with Gasteiger partial charge in [-0.3, -0.25) is 9.78 Å². The van der Waals surface area contributed by atoms with Gasteiger partial charge in [-0.1, -0.05) is 97.1 Å². The Hall–Kier alpha value is -1.97. The molecular formula is C37H51IrN2O2SSi2-. The molecule has 4 nitrogen and oxygen atoms in total. The van der Waals surface area contributed by atoms with Crippen molar-refractivity contribution in [3.8, 4) is 11.3 Å². The average molecular weight is 836 g/mol. The van der Waals surface area contributed by atoms with Gasteiger partial charge in [0.1, 0.15) is 6.33 Å². The third-order valence-corrected chi connectivity index (χ3v) is 18.6. The molecule has 4 aromatic rings. The zero-order chi connectivity index (χ0) is 32.4. The molecule has 0 aliphatic carbocycles. The molecule has 5 rings (SSSR count). The van der Waals surface area contributed by atoms with Gasteiger partial charge < -0.3 is 5.11 Å². The smallest absolute Gasteiger partial charge is 0.162 e. The minimum atomic E-state index is -1.45. The number of ketones is 1. The molecule has 2 aromatic heterocycles. The second-order valence-electron chi connectivity index (χ2n) is 13.9. The number of rotatable bonds is 8. The summed E-state index contributed by atoms with van der Waals surface area (Å²) in [6.45, 7) is 22.5. The maximum atomic E-state index is 11.7. The van der Waals surface area contributed by atoms with E-state index in [0.717, 1.165) is 48.0 Å². The first-order valence-corrected chi connectivity index (χ1v) is 23.7. The van der Waals surface area contributed by atoms with E-state index < -0.39 is 16.1 Å². The summed E-state index contributed by atoms with van der Waals surface area (Å²) in [5.41, 5.74) is 5.64. The molecule has 45 heavy (non-hydrogen) atoms. The summed E-state index contributed by atoms with van der Waals surface area (Å²) in [6.07, 6.45) is 6.64. The van der Waals surface area contributed by atoms with Crippen LogP contribution in [0.3, 0.4) is 0 Å². The third-order valence-electron chi connectivity index (χ3n) is 9.69. The first-order valence-electron chi connectivity index (χ1n) is 16.4. The molecule has 1 radical (unpaired) electrons. The van der Waals surface area contributed by atoms with E-state index in [1.165, 1.54) is 38.5 Å². The van der Waals surface area contributed by atoms with Gasteiger partial charge >= 0.3 is 0 Å². The van der Waals surface area contributed by atoms with Gasteiger partial charge in [0.15, 0.2) is 5.78 Å². The molecule has 0 spiro atoms. The molecule has 245 valence electrons. The second-order valence-corrected chi connectivity index (χ2v) is 24.5. The van der Waals surface area contributed by atoms with Crippen LogP contribution in [0, 0.1) is 31.7 Å². The Morgan fingerprint density at radius 1 is 0.933 bits per heavy atom. The van der Waals surface area contributed by atoms with Gasteiger partial charge in [0, 0.05) is 58.5 Å². The zero-order valence-electron chi connectivity index (χ0n) is 28.9. The molecule has 1 N–H and O–H groups in total. The van der Waals surface area contributed by atoms with Crippen molar-refractivity contribution in [2.45, 2.75) is 106 Å². The molecule has 3 heterocycles. The van der Waals surface area contributed by atoms with Crippen LogP contribution in [-0.2, 0) is 24.9 Å². The third kappa shape index (κ3) is 7.95. The monoisotopic (exact) mass is 836 g/mol. The summed E-state index contributed by atoms with van der Waals surface area (Å²) < 4.78 is 2.70. The molecule has 8 heteroatoms. The van der Waals surface area contributed by atoms with Crippen LogP contribution in [-0.4, -0.2) is 37.0 Å². The summed E-state index contributed by atoms with van der Waals surface area (Å²) in [4.78, 5) is 21.2. The Morgan fingerprint density at radius 2 is 1.56 bits per heavy atom. The average Bonchev–Trinajstić information content (AvgIpc) is 3.35. The van der Waals surface area contributed by atoms with Crippen LogP contribution in [0.15, 0.2) is 42.4 Å². The fourth-order valence-corrected chi connectivity index (χ4v) is 19.5. The standard InChI is InChI=1S/C24H27N2SSi2.C13H24O2.Ir/c1-15-11-16(2)13-17(12-15)20-23-21(26-14-25-20)18-7-8-19-24(22(18)27-23)29(5,6)10-9-28(19,3)4;1-5-10(6-2)12(14)9-13(15)11(7-3)8-4;/h7-8,11-12,14H,9-10H2,1-6H3;9-11,14H,5-8H2,1-4H3;/q-1;;/b;12-9-;. The first kappa shape index (κ1) is 37.5. The largest absolute Gasteiger partial charge is 0.512 e. The maximum Gasteiger partial charge on any atom is 0.162 e. The van der Waals surface area contributed by atoms with Crippen LogP contribution in [0.5, 0.6) is 0 Å². The van der Waals surface area contributed by atoms with Crippen molar-refractivity contribution >= 4 is 63.9 Å². The number of aliphatic hydroxyl groups excluding tert-OH is 1. The molecular weight excluding hydrogens is 785 g/mol. The topological polar surface area (TPSA) is 63.1 Å². The fraction of sp³-hybridized carbons (Fsp3) is 0.486. The van der Waals surface area contributed by atoms with Crippen LogP contribution >= 0.6 is 11.3 Å². The Labute approximate surface area is 290 Å². The van der Waals surface area contributed by atoms with Crippen molar-refractivity contribution in [2.75, 3.05) is 0 Å². The molecule has 1 aliphatic rings. The number of fused-ring (bicyclic) bond motifs is 5. The molecule has 0 atom stereocenters. The van der Waals surface area contributed by atoms with Crippen LogP contribution < -0.4 is 10.4 Å². The van der Waals surface area contributed by atoms with Crippen LogP contribution in [0.2, 0.25) is 38.3 Å². The summed E-state index contributed by atoms with van der Waals surface area (Å²) in [5.74, 6) is 0.547. The first-order chi connectivity index (χ1) is 20.8. The number of aryl methyl sites for hydroxylation is 2. The number of allylic oxidation sites excluding steroid dienone is 2. The van der Waals surface area contributed by atoms with E-state index in [9.17, 15) is 9.90 Å². The van der Waals surface area contributed by atoms with Crippen molar-refractivity contribution in [3.63, 3.8) is 0 Å². The van der Waals surface area contributed by atoms with Gasteiger partial charge in [-0.05, 0) is 30.9 Å². The number of benzene rings is 2. The minimum absolute atomic E-state index is 0. The van der Waals surface area contributed by atoms with Crippen molar-refractivity contribution in [1.29, 1.82) is 0 Å². The van der Waals surface area contributed by atoms with Gasteiger partial charge in [0.2, 0.25) is 0 Å². The number of aliphatic hydroxyl groups is 1. The fourth-order valence-electron chi connectivity index (χ4n) is 6.75. The van der Waals surface area contributed by atoms with Crippen molar-refractivity contribution < 1.29 is 30.0 Å². The van der Waals surface area contributed by atoms with Gasteiger partial charge in [-0.25, -0.2) is 4.98 Å². The number of aromatic nitrogens is 2. The minimum Gasteiger partial charge on any atom is -0.512 e. The normalized spacial score (nSPS) is 15.5. The quantitative estimate of drug-likeness (QED) is 0.0832. The number of thiophene rings is 1. The van der Waals surface area contributed by atoms with Gasteiger partial charge in [0.05, 0.1) is 27.4 Å². The maximum absolute atomic E-state index is 11.7. The molecule has 2 aromatic carbocycles. The van der Waals surface area contributed by atoms with Gasteiger partial charge in [-0.15, -0.1) is 46.2 Å². The molecule has 0 saturated carbocycles. The van der Waals surface area contributed by atoms with Gasteiger partial charge in [-0.2, -0.15) is 0 Å². The molecule has 0 bridgehead atoms. The molecule has 0 fully saturated rings. The second kappa shape index (κ2) is 15.3. The molecule has 0 amide bonds. The van der Waals surface area contributed by atoms with E-state index >= 15 is 0 Å². The van der Waals surface area contributed by atoms with E-state index in [0.29, 0.717) is 0 Å². The Morgan fingerprint density at radius 3 is 2.16 bits per heavy atom. The van der Waals surface area contributed by atoms with Crippen molar-refractivity contribution in [2.24, 2.45) is 11.8 Å². The Balaban J connectivity index is 0.000000297. The van der Waals surface area contributed by atoms with E-state index in [2.05, 4.69) is 70.4 Å². The van der Waals surface area contributed by atoms with E-state index in [1.54, 1.807) is 16.7 Å². The number of nitrogens with zero attached hydrogens (tertiary/aromatic N) is 2. The molecule has 0 unspecified atom stereocenters. The number of carbonyl (C=O) groups is 1. The van der Waals surface area contributed by atoms with E-state index in [-0.39, 0.29) is 43.5 Å². The van der Waals surface area contributed by atoms with Crippen LogP contribution in [0.1, 0.15) is 64.5 Å². The summed E-state index contributed by atoms with van der Waals surface area (Å²) in [7, 11) is -2.81. The Kier molecular flexibility index (Phi) is 12.7. The van der Waals surface area contributed by atoms with E-state index in [4.69, 9.17) is 9.97 Å². The SMILES string of the molecule is CCC(CC)C(=O)/C=C(\O)C(CC)CC.Cc1[c-]c(-c2ncnc3c2sc2c4c(ccc23)[Si](C)(C)CC[Si]4(C)C)cc(C)c1.[Ir]. The summed E-state index contributed by atoms with van der Waals surface area (Å²) >= 11 is 1.92. The van der Waals surface area contributed by atoms with Crippen LogP contribution in [0.25, 0.3) is 31.6 Å². The van der Waals surface area contributed by atoms with Crippen LogP contribution in [0.4, 0.5) is 0 Å². The predicted molar refractivity (Wildman–Crippen MR) is 196 cm³/mol. The number of carbonyl (C=O) groups excluding carboxylic acids is 1. The van der Waals surface area contributed by atoms with Crippen molar-refractivity contribution in [1.82, 2.24) is 9.97 Å².